The van der Waals surface area contributed by atoms with Crippen molar-refractivity contribution in [3.8, 4) is 0 Å². The van der Waals surface area contributed by atoms with Crippen molar-refractivity contribution >= 4 is 17.2 Å². The standard InChI is InChI=1S/C10H15N3OS/c1-7-4-11-3-2-8(7)13-10(14)9-5-15-6-12-9/h5-8,11H,2-4H2,1H3,(H,13,14). The van der Waals surface area contributed by atoms with E-state index in [0.717, 1.165) is 19.5 Å². The summed E-state index contributed by atoms with van der Waals surface area (Å²) in [6, 6.07) is 0.278. The Labute approximate surface area is 93.1 Å². The van der Waals surface area contributed by atoms with Gasteiger partial charge in [-0.3, -0.25) is 4.79 Å². The molecule has 1 saturated heterocycles. The summed E-state index contributed by atoms with van der Waals surface area (Å²) < 4.78 is 0. The zero-order valence-corrected chi connectivity index (χ0v) is 9.51. The summed E-state index contributed by atoms with van der Waals surface area (Å²) in [7, 11) is 0. The molecule has 0 spiro atoms. The SMILES string of the molecule is CC1CNCCC1NC(=O)c1cscn1. The molecule has 0 bridgehead atoms. The highest BCUT2D eigenvalue weighted by molar-refractivity contribution is 7.07. The third kappa shape index (κ3) is 2.54. The molecular weight excluding hydrogens is 210 g/mol. The zero-order chi connectivity index (χ0) is 10.7. The number of piperidine rings is 1. The third-order valence-electron chi connectivity index (χ3n) is 2.77. The van der Waals surface area contributed by atoms with Gasteiger partial charge in [-0.1, -0.05) is 6.92 Å². The van der Waals surface area contributed by atoms with Gasteiger partial charge in [0, 0.05) is 11.4 Å². The highest BCUT2D eigenvalue weighted by Crippen LogP contribution is 2.11. The molecule has 5 heteroatoms. The number of rotatable bonds is 2. The molecule has 0 aromatic carbocycles. The molecule has 82 valence electrons. The van der Waals surface area contributed by atoms with Gasteiger partial charge in [-0.2, -0.15) is 0 Å². The minimum absolute atomic E-state index is 0.0463. The summed E-state index contributed by atoms with van der Waals surface area (Å²) in [5, 5.41) is 8.12. The van der Waals surface area contributed by atoms with Gasteiger partial charge in [-0.15, -0.1) is 11.3 Å². The van der Waals surface area contributed by atoms with Gasteiger partial charge in [-0.05, 0) is 25.4 Å². The lowest BCUT2D eigenvalue weighted by atomic mass is 9.95. The molecule has 2 N–H and O–H groups in total. The van der Waals surface area contributed by atoms with Crippen LogP contribution in [0.2, 0.25) is 0 Å². The molecule has 0 aliphatic carbocycles. The smallest absolute Gasteiger partial charge is 0.270 e. The van der Waals surface area contributed by atoms with Crippen LogP contribution in [0, 0.1) is 5.92 Å². The van der Waals surface area contributed by atoms with Crippen molar-refractivity contribution in [1.29, 1.82) is 0 Å². The summed E-state index contributed by atoms with van der Waals surface area (Å²) in [5.74, 6) is 0.441. The second-order valence-corrected chi connectivity index (χ2v) is 4.64. The molecule has 1 aliphatic heterocycles. The number of nitrogens with zero attached hydrogens (tertiary/aromatic N) is 1. The van der Waals surface area contributed by atoms with Gasteiger partial charge >= 0.3 is 0 Å². The fourth-order valence-electron chi connectivity index (χ4n) is 1.80. The Kier molecular flexibility index (Phi) is 3.33. The van der Waals surface area contributed by atoms with E-state index in [4.69, 9.17) is 0 Å². The topological polar surface area (TPSA) is 54.0 Å². The fraction of sp³-hybridized carbons (Fsp3) is 0.600. The number of carbonyl (C=O) groups excluding carboxylic acids is 1. The molecule has 1 aromatic rings. The second-order valence-electron chi connectivity index (χ2n) is 3.92. The summed E-state index contributed by atoms with van der Waals surface area (Å²) in [6.07, 6.45) is 0.997. The van der Waals surface area contributed by atoms with E-state index in [-0.39, 0.29) is 11.9 Å². The molecule has 1 aliphatic rings. The van der Waals surface area contributed by atoms with E-state index in [1.54, 1.807) is 10.9 Å². The number of hydrogen-bond acceptors (Lipinski definition) is 4. The maximum atomic E-state index is 11.7. The minimum Gasteiger partial charge on any atom is -0.348 e. The minimum atomic E-state index is -0.0463. The van der Waals surface area contributed by atoms with Crippen molar-refractivity contribution in [3.63, 3.8) is 0 Å². The van der Waals surface area contributed by atoms with E-state index in [1.165, 1.54) is 11.3 Å². The number of nitrogens with one attached hydrogen (secondary N) is 2. The Morgan fingerprint density at radius 1 is 1.73 bits per heavy atom. The van der Waals surface area contributed by atoms with Gasteiger partial charge in [-0.25, -0.2) is 4.98 Å². The molecule has 1 aromatic heterocycles. The van der Waals surface area contributed by atoms with Crippen molar-refractivity contribution in [2.75, 3.05) is 13.1 Å². The van der Waals surface area contributed by atoms with Gasteiger partial charge in [0.15, 0.2) is 0 Å². The lowest BCUT2D eigenvalue weighted by Gasteiger charge is -2.29. The van der Waals surface area contributed by atoms with Gasteiger partial charge in [0.25, 0.3) is 5.91 Å². The van der Waals surface area contributed by atoms with E-state index < -0.39 is 0 Å². The highest BCUT2D eigenvalue weighted by Gasteiger charge is 2.23. The first-order chi connectivity index (χ1) is 7.27. The number of aromatic nitrogens is 1. The van der Waals surface area contributed by atoms with E-state index in [0.29, 0.717) is 11.6 Å². The lowest BCUT2D eigenvalue weighted by Crippen LogP contribution is -2.48. The molecule has 4 nitrogen and oxygen atoms in total. The first kappa shape index (κ1) is 10.6. The average Bonchev–Trinajstić information content (AvgIpc) is 2.74. The monoisotopic (exact) mass is 225 g/mol. The Morgan fingerprint density at radius 2 is 2.60 bits per heavy atom. The molecule has 0 radical (unpaired) electrons. The molecule has 2 rings (SSSR count). The maximum Gasteiger partial charge on any atom is 0.270 e. The Balaban J connectivity index is 1.93. The van der Waals surface area contributed by atoms with Gasteiger partial charge < -0.3 is 10.6 Å². The fourth-order valence-corrected chi connectivity index (χ4v) is 2.33. The molecule has 2 unspecified atom stereocenters. The van der Waals surface area contributed by atoms with Crippen molar-refractivity contribution < 1.29 is 4.79 Å². The van der Waals surface area contributed by atoms with Crippen molar-refractivity contribution in [2.45, 2.75) is 19.4 Å². The molecule has 1 fully saturated rings. The number of hydrogen-bond donors (Lipinski definition) is 2. The first-order valence-corrected chi connectivity index (χ1v) is 6.11. The van der Waals surface area contributed by atoms with Crippen LogP contribution in [0.4, 0.5) is 0 Å². The van der Waals surface area contributed by atoms with Crippen LogP contribution >= 0.6 is 11.3 Å². The molecule has 1 amide bonds. The Hall–Kier alpha value is -0.940. The molecule has 2 heterocycles. The van der Waals surface area contributed by atoms with Crippen LogP contribution in [0.25, 0.3) is 0 Å². The van der Waals surface area contributed by atoms with E-state index >= 15 is 0 Å². The number of amides is 1. The van der Waals surface area contributed by atoms with Crippen LogP contribution in [-0.2, 0) is 0 Å². The average molecular weight is 225 g/mol. The van der Waals surface area contributed by atoms with Gasteiger partial charge in [0.05, 0.1) is 5.51 Å². The van der Waals surface area contributed by atoms with Crippen LogP contribution < -0.4 is 10.6 Å². The van der Waals surface area contributed by atoms with Crippen molar-refractivity contribution in [1.82, 2.24) is 15.6 Å². The molecule has 2 atom stereocenters. The lowest BCUT2D eigenvalue weighted by molar-refractivity contribution is 0.0910. The Bertz CT molecular complexity index is 325. The van der Waals surface area contributed by atoms with Gasteiger partial charge in [0.1, 0.15) is 5.69 Å². The predicted octanol–water partition coefficient (Wildman–Crippen LogP) is 0.871. The normalized spacial score (nSPS) is 26.2. The highest BCUT2D eigenvalue weighted by atomic mass is 32.1. The van der Waals surface area contributed by atoms with Crippen LogP contribution in [0.1, 0.15) is 23.8 Å². The van der Waals surface area contributed by atoms with E-state index in [9.17, 15) is 4.79 Å². The first-order valence-electron chi connectivity index (χ1n) is 5.17. The van der Waals surface area contributed by atoms with Gasteiger partial charge in [0.2, 0.25) is 0 Å². The number of thiazole rings is 1. The summed E-state index contributed by atoms with van der Waals surface area (Å²) >= 11 is 1.45. The predicted molar refractivity (Wildman–Crippen MR) is 60.0 cm³/mol. The van der Waals surface area contributed by atoms with Crippen LogP contribution in [0.5, 0.6) is 0 Å². The number of carbonyl (C=O) groups is 1. The zero-order valence-electron chi connectivity index (χ0n) is 8.69. The molecule has 0 saturated carbocycles. The van der Waals surface area contributed by atoms with Crippen LogP contribution in [0.15, 0.2) is 10.9 Å². The molecule has 15 heavy (non-hydrogen) atoms. The maximum absolute atomic E-state index is 11.7. The summed E-state index contributed by atoms with van der Waals surface area (Å²) in [6.45, 7) is 4.10. The van der Waals surface area contributed by atoms with E-state index in [2.05, 4.69) is 22.5 Å². The van der Waals surface area contributed by atoms with Crippen molar-refractivity contribution in [2.24, 2.45) is 5.92 Å². The Morgan fingerprint density at radius 3 is 3.27 bits per heavy atom. The van der Waals surface area contributed by atoms with Crippen LogP contribution in [-0.4, -0.2) is 30.0 Å². The third-order valence-corrected chi connectivity index (χ3v) is 3.35. The quantitative estimate of drug-likeness (QED) is 0.785. The van der Waals surface area contributed by atoms with E-state index in [1.807, 2.05) is 0 Å². The van der Waals surface area contributed by atoms with Crippen LogP contribution in [0.3, 0.4) is 0 Å². The van der Waals surface area contributed by atoms with Crippen molar-refractivity contribution in [3.05, 3.63) is 16.6 Å². The molecular formula is C10H15N3OS. The summed E-state index contributed by atoms with van der Waals surface area (Å²) in [5.41, 5.74) is 2.21. The summed E-state index contributed by atoms with van der Waals surface area (Å²) in [4.78, 5) is 15.7. The second kappa shape index (κ2) is 4.72. The largest absolute Gasteiger partial charge is 0.348 e.